The van der Waals surface area contributed by atoms with Gasteiger partial charge in [0.15, 0.2) is 18.1 Å². The van der Waals surface area contributed by atoms with E-state index in [0.29, 0.717) is 29.3 Å². The average Bonchev–Trinajstić information content (AvgIpc) is 3.27. The first-order valence-electron chi connectivity index (χ1n) is 10.6. The van der Waals surface area contributed by atoms with Crippen molar-refractivity contribution < 1.29 is 9.47 Å². The summed E-state index contributed by atoms with van der Waals surface area (Å²) in [5.74, 6) is 1.01. The maximum Gasteiger partial charge on any atom is 0.350 e. The molecule has 0 aliphatic rings. The van der Waals surface area contributed by atoms with Gasteiger partial charge in [0, 0.05) is 23.9 Å². The summed E-state index contributed by atoms with van der Waals surface area (Å²) in [4.78, 5) is 23.7. The smallest absolute Gasteiger partial charge is 0.350 e. The van der Waals surface area contributed by atoms with E-state index in [0.717, 1.165) is 15.8 Å². The molecule has 0 radical (unpaired) electrons. The van der Waals surface area contributed by atoms with Crippen LogP contribution in [-0.2, 0) is 6.42 Å². The van der Waals surface area contributed by atoms with E-state index in [2.05, 4.69) is 20.1 Å². The minimum atomic E-state index is -0.474. The molecular formula is C24H22N8O3. The molecule has 35 heavy (non-hydrogen) atoms. The van der Waals surface area contributed by atoms with Crippen molar-refractivity contribution >= 4 is 5.84 Å². The summed E-state index contributed by atoms with van der Waals surface area (Å²) < 4.78 is 12.0. The molecule has 2 aromatic heterocycles. The summed E-state index contributed by atoms with van der Waals surface area (Å²) in [6.45, 7) is -0.145. The molecule has 0 saturated carbocycles. The predicted molar refractivity (Wildman–Crippen MR) is 127 cm³/mol. The summed E-state index contributed by atoms with van der Waals surface area (Å²) in [7, 11) is 1.52. The molecule has 0 aliphatic carbocycles. The highest BCUT2D eigenvalue weighted by Crippen LogP contribution is 2.34. The number of rotatable bonds is 9. The van der Waals surface area contributed by atoms with Crippen LogP contribution >= 0.6 is 0 Å². The molecule has 11 heteroatoms. The zero-order valence-corrected chi connectivity index (χ0v) is 18.8. The van der Waals surface area contributed by atoms with Crippen molar-refractivity contribution in [1.82, 2.24) is 24.7 Å². The largest absolute Gasteiger partial charge is 0.493 e. The van der Waals surface area contributed by atoms with Crippen LogP contribution in [0.5, 0.6) is 11.5 Å². The van der Waals surface area contributed by atoms with Gasteiger partial charge in [0.1, 0.15) is 17.7 Å². The van der Waals surface area contributed by atoms with Crippen molar-refractivity contribution in [2.45, 2.75) is 12.3 Å². The zero-order valence-electron chi connectivity index (χ0n) is 18.8. The number of nitriles is 1. The van der Waals surface area contributed by atoms with Crippen molar-refractivity contribution in [3.8, 4) is 23.5 Å². The predicted octanol–water partition coefficient (Wildman–Crippen LogP) is 1.92. The van der Waals surface area contributed by atoms with Crippen LogP contribution in [0.2, 0.25) is 0 Å². The summed E-state index contributed by atoms with van der Waals surface area (Å²) >= 11 is 0. The third kappa shape index (κ3) is 5.17. The number of nitrogen functional groups attached to an aromatic ring is 1. The minimum Gasteiger partial charge on any atom is -0.493 e. The van der Waals surface area contributed by atoms with Crippen molar-refractivity contribution in [1.29, 1.82) is 10.7 Å². The van der Waals surface area contributed by atoms with Gasteiger partial charge in [-0.2, -0.15) is 5.26 Å². The molecule has 11 nitrogen and oxygen atoms in total. The third-order valence-electron chi connectivity index (χ3n) is 5.29. The Morgan fingerprint density at radius 3 is 2.60 bits per heavy atom. The fourth-order valence-electron chi connectivity index (χ4n) is 3.59. The molecule has 0 spiro atoms. The maximum absolute atomic E-state index is 12.7. The van der Waals surface area contributed by atoms with Crippen LogP contribution in [0, 0.1) is 16.7 Å². The fourth-order valence-corrected chi connectivity index (χ4v) is 3.59. The molecule has 0 aliphatic heterocycles. The molecule has 2 heterocycles. The molecule has 0 saturated heterocycles. The van der Waals surface area contributed by atoms with Crippen LogP contribution in [0.25, 0.3) is 5.95 Å². The molecule has 176 valence electrons. The second-order valence-electron chi connectivity index (χ2n) is 7.50. The highest BCUT2D eigenvalue weighted by atomic mass is 16.5. The first-order valence-corrected chi connectivity index (χ1v) is 10.6. The van der Waals surface area contributed by atoms with E-state index in [4.69, 9.17) is 25.9 Å². The van der Waals surface area contributed by atoms with E-state index in [-0.39, 0.29) is 18.4 Å². The highest BCUT2D eigenvalue weighted by molar-refractivity contribution is 5.94. The van der Waals surface area contributed by atoms with Gasteiger partial charge in [0.25, 0.3) is 5.95 Å². The molecular weight excluding hydrogens is 448 g/mol. The second kappa shape index (κ2) is 10.3. The lowest BCUT2D eigenvalue weighted by Gasteiger charge is -2.18. The number of hydrogen-bond donors (Lipinski definition) is 3. The van der Waals surface area contributed by atoms with E-state index in [1.165, 1.54) is 19.5 Å². The van der Waals surface area contributed by atoms with E-state index in [9.17, 15) is 4.79 Å². The summed E-state index contributed by atoms with van der Waals surface area (Å²) in [5, 5.41) is 21.0. The van der Waals surface area contributed by atoms with Gasteiger partial charge in [0.2, 0.25) is 0 Å². The summed E-state index contributed by atoms with van der Waals surface area (Å²) in [5.41, 5.74) is 7.43. The Morgan fingerprint density at radius 1 is 1.20 bits per heavy atom. The van der Waals surface area contributed by atoms with Gasteiger partial charge < -0.3 is 15.2 Å². The van der Waals surface area contributed by atoms with Gasteiger partial charge in [-0.05, 0) is 35.7 Å². The molecule has 4 N–H and O–H groups in total. The number of amidine groups is 1. The van der Waals surface area contributed by atoms with Crippen LogP contribution in [0.1, 0.15) is 28.4 Å². The molecule has 1 atom stereocenters. The third-order valence-corrected chi connectivity index (χ3v) is 5.29. The topological polar surface area (TPSA) is 169 Å². The number of nitrogens with two attached hydrogens (primary N) is 1. The normalized spacial score (nSPS) is 11.4. The zero-order chi connectivity index (χ0) is 24.8. The van der Waals surface area contributed by atoms with Crippen molar-refractivity contribution in [3.05, 3.63) is 93.9 Å². The lowest BCUT2D eigenvalue weighted by Crippen LogP contribution is -2.18. The highest BCUT2D eigenvalue weighted by Gasteiger charge is 2.23. The number of nitrogens with zero attached hydrogens (tertiary/aromatic N) is 5. The van der Waals surface area contributed by atoms with Crippen molar-refractivity contribution in [3.63, 3.8) is 0 Å². The molecule has 0 bridgehead atoms. The SMILES string of the molecule is COc1ccc(C(Cc2ccc(C(=N)N)cc2)c2nn(-c3ncccn3)c(=O)[nH]2)cc1OCC#N. The second-order valence-corrected chi connectivity index (χ2v) is 7.50. The Bertz CT molecular complexity index is 1420. The quantitative estimate of drug-likeness (QED) is 0.246. The maximum atomic E-state index is 12.7. The van der Waals surface area contributed by atoms with Crippen LogP contribution in [0.3, 0.4) is 0 Å². The van der Waals surface area contributed by atoms with Crippen LogP contribution < -0.4 is 20.9 Å². The lowest BCUT2D eigenvalue weighted by atomic mass is 9.90. The Morgan fingerprint density at radius 2 is 1.94 bits per heavy atom. The van der Waals surface area contributed by atoms with E-state index >= 15 is 0 Å². The van der Waals surface area contributed by atoms with E-state index in [1.54, 1.807) is 30.3 Å². The first-order chi connectivity index (χ1) is 17.0. The fraction of sp³-hybridized carbons (Fsp3) is 0.167. The number of hydrogen-bond acceptors (Lipinski definition) is 8. The van der Waals surface area contributed by atoms with Gasteiger partial charge in [-0.15, -0.1) is 9.78 Å². The minimum absolute atomic E-state index is 0.0199. The Balaban J connectivity index is 1.78. The standard InChI is InChI=1S/C24H22N8O3/c1-34-19-8-7-17(14-20(19)35-12-9-25)18(13-15-3-5-16(6-4-15)21(26)27)22-30-24(33)32(31-22)23-28-10-2-11-29-23/h2-8,10-11,14,18H,12-13H2,1H3,(H3,26,27)(H,30,31,33). The van der Waals surface area contributed by atoms with Crippen LogP contribution in [0.15, 0.2) is 65.7 Å². The number of aromatic amines is 1. The lowest BCUT2D eigenvalue weighted by molar-refractivity contribution is 0.329. The number of benzene rings is 2. The number of methoxy groups -OCH3 is 1. The Hall–Kier alpha value is -4.98. The van der Waals surface area contributed by atoms with E-state index < -0.39 is 11.6 Å². The number of H-pyrrole nitrogens is 1. The molecule has 4 rings (SSSR count). The van der Waals surface area contributed by atoms with E-state index in [1.807, 2.05) is 24.3 Å². The number of aromatic nitrogens is 5. The van der Waals surface area contributed by atoms with Crippen LogP contribution in [-0.4, -0.2) is 44.3 Å². The molecule has 0 amide bonds. The van der Waals surface area contributed by atoms with Gasteiger partial charge >= 0.3 is 5.69 Å². The van der Waals surface area contributed by atoms with Gasteiger partial charge in [-0.3, -0.25) is 10.4 Å². The van der Waals surface area contributed by atoms with Gasteiger partial charge in [0.05, 0.1) is 7.11 Å². The molecule has 4 aromatic rings. The first kappa shape index (κ1) is 23.2. The molecule has 2 aromatic carbocycles. The Kier molecular flexibility index (Phi) is 6.83. The summed E-state index contributed by atoms with van der Waals surface area (Å²) in [6, 6.07) is 16.2. The van der Waals surface area contributed by atoms with Crippen molar-refractivity contribution in [2.24, 2.45) is 5.73 Å². The number of nitrogens with one attached hydrogen (secondary N) is 2. The summed E-state index contributed by atoms with van der Waals surface area (Å²) in [6.07, 6.45) is 3.52. The Labute approximate surface area is 200 Å². The van der Waals surface area contributed by atoms with Crippen LogP contribution in [0.4, 0.5) is 0 Å². The number of ether oxygens (including phenoxy) is 2. The average molecular weight is 470 g/mol. The van der Waals surface area contributed by atoms with Gasteiger partial charge in [-0.25, -0.2) is 14.8 Å². The monoisotopic (exact) mass is 470 g/mol. The molecule has 1 unspecified atom stereocenters. The van der Waals surface area contributed by atoms with Gasteiger partial charge in [-0.1, -0.05) is 30.3 Å². The van der Waals surface area contributed by atoms with Crippen molar-refractivity contribution in [2.75, 3.05) is 13.7 Å². The molecule has 0 fully saturated rings.